The molecule has 0 radical (unpaired) electrons. The molecule has 5 heteroatoms. The maximum absolute atomic E-state index is 6.16. The number of aromatic nitrogens is 2. The summed E-state index contributed by atoms with van der Waals surface area (Å²) in [5, 5.41) is 4.06. The fourth-order valence-electron chi connectivity index (χ4n) is 3.06. The number of nitrogens with zero attached hydrogens (tertiary/aromatic N) is 3. The predicted molar refractivity (Wildman–Crippen MR) is 68.1 cm³/mol. The molecule has 5 nitrogen and oxygen atoms in total. The lowest BCUT2D eigenvalue weighted by atomic mass is 10.1. The standard InChI is InChI=1S/C13H22N4O/c14-11(9-17-7-3-4-8-17)12-15-13(18-16-12)10-5-1-2-6-10/h10-11H,1-9,14H2. The van der Waals surface area contributed by atoms with Gasteiger partial charge >= 0.3 is 0 Å². The van der Waals surface area contributed by atoms with Gasteiger partial charge in [-0.1, -0.05) is 18.0 Å². The first-order chi connectivity index (χ1) is 8.83. The Morgan fingerprint density at radius 2 is 1.94 bits per heavy atom. The van der Waals surface area contributed by atoms with E-state index < -0.39 is 0 Å². The molecule has 1 aromatic rings. The van der Waals surface area contributed by atoms with Gasteiger partial charge in [0.2, 0.25) is 5.89 Å². The Morgan fingerprint density at radius 1 is 1.22 bits per heavy atom. The van der Waals surface area contributed by atoms with E-state index in [2.05, 4.69) is 15.0 Å². The Hall–Kier alpha value is -0.940. The second-order valence-corrected chi connectivity index (χ2v) is 5.59. The maximum Gasteiger partial charge on any atom is 0.229 e. The van der Waals surface area contributed by atoms with Gasteiger partial charge in [0.15, 0.2) is 5.82 Å². The third-order valence-electron chi connectivity index (χ3n) is 4.15. The average molecular weight is 250 g/mol. The third kappa shape index (κ3) is 2.57. The summed E-state index contributed by atoms with van der Waals surface area (Å²) in [5.41, 5.74) is 6.16. The molecule has 0 amide bonds. The van der Waals surface area contributed by atoms with Crippen molar-refractivity contribution in [2.45, 2.75) is 50.5 Å². The lowest BCUT2D eigenvalue weighted by molar-refractivity contribution is 0.303. The average Bonchev–Trinajstić information content (AvgIpc) is 3.11. The highest BCUT2D eigenvalue weighted by atomic mass is 16.5. The lowest BCUT2D eigenvalue weighted by Crippen LogP contribution is -2.30. The summed E-state index contributed by atoms with van der Waals surface area (Å²) in [6.45, 7) is 3.16. The van der Waals surface area contributed by atoms with E-state index >= 15 is 0 Å². The van der Waals surface area contributed by atoms with Crippen LogP contribution in [0.25, 0.3) is 0 Å². The number of nitrogens with two attached hydrogens (primary N) is 1. The minimum Gasteiger partial charge on any atom is -0.339 e. The van der Waals surface area contributed by atoms with Crippen molar-refractivity contribution in [2.75, 3.05) is 19.6 Å². The predicted octanol–water partition coefficient (Wildman–Crippen LogP) is 1.82. The third-order valence-corrected chi connectivity index (χ3v) is 4.15. The molecule has 2 heterocycles. The Bertz CT molecular complexity index is 380. The second kappa shape index (κ2) is 5.36. The molecule has 18 heavy (non-hydrogen) atoms. The molecule has 1 saturated heterocycles. The first-order valence-electron chi connectivity index (χ1n) is 7.14. The van der Waals surface area contributed by atoms with Crippen LogP contribution in [0.3, 0.4) is 0 Å². The minimum absolute atomic E-state index is 0.109. The molecule has 1 unspecified atom stereocenters. The Kier molecular flexibility index (Phi) is 3.61. The van der Waals surface area contributed by atoms with Crippen LogP contribution in [-0.4, -0.2) is 34.7 Å². The van der Waals surface area contributed by atoms with Crippen LogP contribution in [0.1, 0.15) is 62.2 Å². The van der Waals surface area contributed by atoms with Crippen molar-refractivity contribution < 1.29 is 4.52 Å². The molecule has 1 atom stereocenters. The van der Waals surface area contributed by atoms with Crippen LogP contribution in [0.5, 0.6) is 0 Å². The van der Waals surface area contributed by atoms with E-state index in [0.29, 0.717) is 11.7 Å². The Labute approximate surface area is 108 Å². The molecule has 0 bridgehead atoms. The normalized spacial score (nSPS) is 23.8. The number of hydrogen-bond donors (Lipinski definition) is 1. The van der Waals surface area contributed by atoms with Gasteiger partial charge in [0.05, 0.1) is 6.04 Å². The van der Waals surface area contributed by atoms with Crippen LogP contribution < -0.4 is 5.73 Å². The van der Waals surface area contributed by atoms with Crippen LogP contribution in [-0.2, 0) is 0 Å². The summed E-state index contributed by atoms with van der Waals surface area (Å²) >= 11 is 0. The van der Waals surface area contributed by atoms with Crippen molar-refractivity contribution in [1.29, 1.82) is 0 Å². The Morgan fingerprint density at radius 3 is 2.67 bits per heavy atom. The molecule has 100 valence electrons. The Balaban J connectivity index is 1.60. The van der Waals surface area contributed by atoms with E-state index in [1.54, 1.807) is 0 Å². The summed E-state index contributed by atoms with van der Waals surface area (Å²) in [4.78, 5) is 6.89. The van der Waals surface area contributed by atoms with Gasteiger partial charge in [-0.2, -0.15) is 4.98 Å². The van der Waals surface area contributed by atoms with Gasteiger partial charge in [-0.25, -0.2) is 0 Å². The van der Waals surface area contributed by atoms with E-state index in [1.807, 2.05) is 0 Å². The largest absolute Gasteiger partial charge is 0.339 e. The molecule has 0 aromatic carbocycles. The van der Waals surface area contributed by atoms with Crippen molar-refractivity contribution >= 4 is 0 Å². The highest BCUT2D eigenvalue weighted by Crippen LogP contribution is 2.33. The van der Waals surface area contributed by atoms with Crippen LogP contribution in [0.15, 0.2) is 4.52 Å². The summed E-state index contributed by atoms with van der Waals surface area (Å²) in [5.74, 6) is 1.97. The number of rotatable bonds is 4. The van der Waals surface area contributed by atoms with Crippen molar-refractivity contribution in [3.8, 4) is 0 Å². The van der Waals surface area contributed by atoms with Crippen LogP contribution >= 0.6 is 0 Å². The molecule has 1 aliphatic carbocycles. The SMILES string of the molecule is NC(CN1CCCC1)c1noc(C2CCCC2)n1. The van der Waals surface area contributed by atoms with Crippen LogP contribution in [0, 0.1) is 0 Å². The quantitative estimate of drug-likeness (QED) is 0.882. The van der Waals surface area contributed by atoms with Gasteiger partial charge in [0.1, 0.15) is 0 Å². The van der Waals surface area contributed by atoms with Crippen LogP contribution in [0.2, 0.25) is 0 Å². The first kappa shape index (κ1) is 12.1. The molecule has 0 spiro atoms. The topological polar surface area (TPSA) is 68.2 Å². The van der Waals surface area contributed by atoms with E-state index in [0.717, 1.165) is 25.5 Å². The lowest BCUT2D eigenvalue weighted by Gasteiger charge is -2.17. The molecular weight excluding hydrogens is 228 g/mol. The van der Waals surface area contributed by atoms with Crippen molar-refractivity contribution in [3.05, 3.63) is 11.7 Å². The van der Waals surface area contributed by atoms with Gasteiger partial charge in [0, 0.05) is 12.5 Å². The summed E-state index contributed by atoms with van der Waals surface area (Å²) < 4.78 is 5.37. The second-order valence-electron chi connectivity index (χ2n) is 5.59. The van der Waals surface area contributed by atoms with E-state index in [-0.39, 0.29) is 6.04 Å². The van der Waals surface area contributed by atoms with Gasteiger partial charge in [-0.3, -0.25) is 0 Å². The zero-order chi connectivity index (χ0) is 12.4. The summed E-state index contributed by atoms with van der Waals surface area (Å²) in [7, 11) is 0. The van der Waals surface area contributed by atoms with E-state index in [1.165, 1.54) is 38.5 Å². The first-order valence-corrected chi connectivity index (χ1v) is 7.14. The molecular formula is C13H22N4O. The van der Waals surface area contributed by atoms with Gasteiger partial charge in [-0.05, 0) is 38.8 Å². The minimum atomic E-state index is -0.109. The summed E-state index contributed by atoms with van der Waals surface area (Å²) in [6, 6.07) is -0.109. The molecule has 3 rings (SSSR count). The van der Waals surface area contributed by atoms with Gasteiger partial charge < -0.3 is 15.2 Å². The van der Waals surface area contributed by atoms with E-state index in [4.69, 9.17) is 10.3 Å². The molecule has 2 N–H and O–H groups in total. The van der Waals surface area contributed by atoms with E-state index in [9.17, 15) is 0 Å². The summed E-state index contributed by atoms with van der Waals surface area (Å²) in [6.07, 6.45) is 7.50. The van der Waals surface area contributed by atoms with Gasteiger partial charge in [0.25, 0.3) is 0 Å². The maximum atomic E-state index is 6.16. The number of hydrogen-bond acceptors (Lipinski definition) is 5. The zero-order valence-electron chi connectivity index (χ0n) is 10.8. The molecule has 1 saturated carbocycles. The molecule has 2 fully saturated rings. The van der Waals surface area contributed by atoms with Crippen molar-refractivity contribution in [2.24, 2.45) is 5.73 Å². The smallest absolute Gasteiger partial charge is 0.229 e. The highest BCUT2D eigenvalue weighted by Gasteiger charge is 2.25. The fourth-order valence-corrected chi connectivity index (χ4v) is 3.06. The molecule has 2 aliphatic rings. The van der Waals surface area contributed by atoms with Crippen LogP contribution in [0.4, 0.5) is 0 Å². The fraction of sp³-hybridized carbons (Fsp3) is 0.846. The van der Waals surface area contributed by atoms with Crippen molar-refractivity contribution in [3.63, 3.8) is 0 Å². The zero-order valence-corrected chi connectivity index (χ0v) is 10.8. The monoisotopic (exact) mass is 250 g/mol. The van der Waals surface area contributed by atoms with Gasteiger partial charge in [-0.15, -0.1) is 0 Å². The highest BCUT2D eigenvalue weighted by molar-refractivity contribution is 5.00. The van der Waals surface area contributed by atoms with Crippen molar-refractivity contribution in [1.82, 2.24) is 15.0 Å². The molecule has 1 aromatic heterocycles. The molecule has 1 aliphatic heterocycles. The number of likely N-dealkylation sites (tertiary alicyclic amines) is 1.